The van der Waals surface area contributed by atoms with Crippen LogP contribution in [-0.2, 0) is 11.3 Å². The molecule has 1 aliphatic carbocycles. The molecule has 152 valence electrons. The smallest absolute Gasteiger partial charge is 0.407 e. The highest BCUT2D eigenvalue weighted by molar-refractivity contribution is 14.0. The number of carbonyl (C=O) groups is 1. The van der Waals surface area contributed by atoms with Gasteiger partial charge in [0.15, 0.2) is 5.96 Å². The molecule has 2 rings (SSSR count). The Balaban J connectivity index is 0.00000364. The molecule has 6 nitrogen and oxygen atoms in total. The van der Waals surface area contributed by atoms with Crippen LogP contribution >= 0.6 is 24.0 Å². The van der Waals surface area contributed by atoms with Gasteiger partial charge in [-0.15, -0.1) is 24.0 Å². The Morgan fingerprint density at radius 1 is 1.33 bits per heavy atom. The van der Waals surface area contributed by atoms with Crippen LogP contribution in [0.15, 0.2) is 23.2 Å². The Kier molecular flexibility index (Phi) is 10.4. The maximum absolute atomic E-state index is 13.7. The Morgan fingerprint density at radius 3 is 2.67 bits per heavy atom. The highest BCUT2D eigenvalue weighted by Crippen LogP contribution is 2.32. The van der Waals surface area contributed by atoms with Gasteiger partial charge in [-0.3, -0.25) is 0 Å². The minimum atomic E-state index is -0.386. The molecule has 8 heteroatoms. The number of nitrogens with zero attached hydrogens (tertiary/aromatic N) is 1. The van der Waals surface area contributed by atoms with Crippen LogP contribution in [0.5, 0.6) is 0 Å². The summed E-state index contributed by atoms with van der Waals surface area (Å²) >= 11 is 0. The van der Waals surface area contributed by atoms with E-state index in [4.69, 9.17) is 4.74 Å². The zero-order chi connectivity index (χ0) is 18.9. The molecule has 1 atom stereocenters. The molecule has 0 saturated heterocycles. The number of nitrogens with one attached hydrogen (secondary N) is 3. The van der Waals surface area contributed by atoms with Crippen molar-refractivity contribution < 1.29 is 13.9 Å². The molecule has 1 aromatic carbocycles. The second-order valence-electron chi connectivity index (χ2n) is 6.47. The fourth-order valence-electron chi connectivity index (χ4n) is 2.61. The van der Waals surface area contributed by atoms with Gasteiger partial charge in [0.25, 0.3) is 0 Å². The monoisotopic (exact) mass is 492 g/mol. The second-order valence-corrected chi connectivity index (χ2v) is 6.47. The van der Waals surface area contributed by atoms with Crippen LogP contribution in [0.2, 0.25) is 0 Å². The number of hydrogen-bond acceptors (Lipinski definition) is 3. The minimum Gasteiger partial charge on any atom is -0.450 e. The second kappa shape index (κ2) is 12.0. The van der Waals surface area contributed by atoms with E-state index >= 15 is 0 Å². The van der Waals surface area contributed by atoms with E-state index in [0.717, 1.165) is 18.4 Å². The van der Waals surface area contributed by atoms with Crippen LogP contribution in [0.25, 0.3) is 0 Å². The fraction of sp³-hybridized carbons (Fsp3) is 0.579. The van der Waals surface area contributed by atoms with Gasteiger partial charge in [0.05, 0.1) is 19.2 Å². The Labute approximate surface area is 177 Å². The van der Waals surface area contributed by atoms with E-state index < -0.39 is 0 Å². The lowest BCUT2D eigenvalue weighted by Gasteiger charge is -2.20. The Morgan fingerprint density at radius 2 is 2.07 bits per heavy atom. The average molecular weight is 492 g/mol. The predicted molar refractivity (Wildman–Crippen MR) is 116 cm³/mol. The number of guanidine groups is 1. The van der Waals surface area contributed by atoms with Crippen LogP contribution in [0.1, 0.15) is 37.8 Å². The van der Waals surface area contributed by atoms with Gasteiger partial charge in [0.1, 0.15) is 5.82 Å². The molecule has 1 saturated carbocycles. The summed E-state index contributed by atoms with van der Waals surface area (Å²) < 4.78 is 18.6. The fourth-order valence-corrected chi connectivity index (χ4v) is 2.61. The number of rotatable bonds is 8. The molecule has 27 heavy (non-hydrogen) atoms. The van der Waals surface area contributed by atoms with Gasteiger partial charge >= 0.3 is 6.09 Å². The number of halogens is 2. The summed E-state index contributed by atoms with van der Waals surface area (Å²) in [5.74, 6) is 0.897. The molecule has 3 N–H and O–H groups in total. The van der Waals surface area contributed by atoms with Gasteiger partial charge < -0.3 is 20.7 Å². The van der Waals surface area contributed by atoms with Crippen LogP contribution in [0, 0.1) is 18.7 Å². The first-order valence-electron chi connectivity index (χ1n) is 9.24. The third kappa shape index (κ3) is 8.32. The first-order valence-corrected chi connectivity index (χ1v) is 9.24. The normalized spacial score (nSPS) is 14.7. The number of aryl methyl sites for hydroxylation is 1. The summed E-state index contributed by atoms with van der Waals surface area (Å²) in [6.07, 6.45) is 1.83. The number of amides is 1. The third-order valence-electron chi connectivity index (χ3n) is 4.26. The van der Waals surface area contributed by atoms with Gasteiger partial charge in [0.2, 0.25) is 0 Å². The van der Waals surface area contributed by atoms with E-state index in [1.54, 1.807) is 19.9 Å². The first kappa shape index (κ1) is 23.5. The van der Waals surface area contributed by atoms with E-state index in [1.807, 2.05) is 13.0 Å². The standard InChI is InChI=1S/C19H29FN4O2.HI/c1-4-21-18(22-11-14-7-6-13(3)16(20)10-14)23-12-17(15-8-9-15)24-19(25)26-5-2;/h6-7,10,15,17H,4-5,8-9,11-12H2,1-3H3,(H,24,25)(H2,21,22,23);1H. The number of aliphatic imine (C=N–C) groups is 1. The maximum Gasteiger partial charge on any atom is 0.407 e. The molecule has 0 radical (unpaired) electrons. The molecule has 1 unspecified atom stereocenters. The number of ether oxygens (including phenoxy) is 1. The van der Waals surface area contributed by atoms with Crippen LogP contribution in [0.4, 0.5) is 9.18 Å². The van der Waals surface area contributed by atoms with Crippen LogP contribution in [0.3, 0.4) is 0 Å². The van der Waals surface area contributed by atoms with Gasteiger partial charge in [-0.1, -0.05) is 12.1 Å². The molecule has 1 aromatic rings. The quantitative estimate of drug-likeness (QED) is 0.296. The number of alkyl carbamates (subject to hydrolysis) is 1. The Bertz CT molecular complexity index is 638. The highest BCUT2D eigenvalue weighted by atomic mass is 127. The molecule has 0 spiro atoms. The molecule has 0 aromatic heterocycles. The SMILES string of the molecule is CCNC(=NCc1ccc(C)c(F)c1)NCC(NC(=O)OCC)C1CC1.I. The van der Waals surface area contributed by atoms with E-state index in [9.17, 15) is 9.18 Å². The minimum absolute atomic E-state index is 0. The first-order chi connectivity index (χ1) is 12.5. The predicted octanol–water partition coefficient (Wildman–Crippen LogP) is 3.33. The van der Waals surface area contributed by atoms with Crippen molar-refractivity contribution in [2.75, 3.05) is 19.7 Å². The van der Waals surface area contributed by atoms with Crippen molar-refractivity contribution in [2.24, 2.45) is 10.9 Å². The summed E-state index contributed by atoms with van der Waals surface area (Å²) in [4.78, 5) is 16.2. The molecule has 1 amide bonds. The topological polar surface area (TPSA) is 74.8 Å². The Hall–Kier alpha value is -1.58. The van der Waals surface area contributed by atoms with E-state index in [2.05, 4.69) is 20.9 Å². The van der Waals surface area contributed by atoms with Crippen molar-refractivity contribution in [3.05, 3.63) is 35.1 Å². The van der Waals surface area contributed by atoms with Gasteiger partial charge in [0, 0.05) is 13.1 Å². The largest absolute Gasteiger partial charge is 0.450 e. The zero-order valence-corrected chi connectivity index (χ0v) is 18.5. The lowest BCUT2D eigenvalue weighted by atomic mass is 10.1. The molecule has 1 fully saturated rings. The number of benzene rings is 1. The van der Waals surface area contributed by atoms with Crippen molar-refractivity contribution in [3.63, 3.8) is 0 Å². The van der Waals surface area contributed by atoms with Gasteiger partial charge in [-0.2, -0.15) is 0 Å². The van der Waals surface area contributed by atoms with Crippen molar-refractivity contribution >= 4 is 36.0 Å². The lowest BCUT2D eigenvalue weighted by Crippen LogP contribution is -2.48. The maximum atomic E-state index is 13.7. The van der Waals surface area contributed by atoms with Gasteiger partial charge in [-0.25, -0.2) is 14.2 Å². The van der Waals surface area contributed by atoms with E-state index in [-0.39, 0.29) is 41.9 Å². The molecule has 0 heterocycles. The number of hydrogen-bond donors (Lipinski definition) is 3. The average Bonchev–Trinajstić information content (AvgIpc) is 3.44. The highest BCUT2D eigenvalue weighted by Gasteiger charge is 2.32. The molecular formula is C19H30FIN4O2. The van der Waals surface area contributed by atoms with E-state index in [1.165, 1.54) is 6.07 Å². The summed E-state index contributed by atoms with van der Waals surface area (Å²) in [5, 5.41) is 9.34. The van der Waals surface area contributed by atoms with Crippen molar-refractivity contribution in [3.8, 4) is 0 Å². The molecule has 1 aliphatic rings. The number of carbonyl (C=O) groups excluding carboxylic acids is 1. The summed E-state index contributed by atoms with van der Waals surface area (Å²) in [6.45, 7) is 7.53. The summed E-state index contributed by atoms with van der Waals surface area (Å²) in [6, 6.07) is 5.15. The van der Waals surface area contributed by atoms with Crippen molar-refractivity contribution in [1.82, 2.24) is 16.0 Å². The van der Waals surface area contributed by atoms with Gasteiger partial charge in [-0.05, 0) is 56.7 Å². The van der Waals surface area contributed by atoms with E-state index in [0.29, 0.717) is 43.7 Å². The molecular weight excluding hydrogens is 462 g/mol. The third-order valence-corrected chi connectivity index (χ3v) is 4.26. The van der Waals surface area contributed by atoms with Crippen molar-refractivity contribution in [2.45, 2.75) is 46.2 Å². The molecule has 0 aliphatic heterocycles. The lowest BCUT2D eigenvalue weighted by molar-refractivity contribution is 0.146. The summed E-state index contributed by atoms with van der Waals surface area (Å²) in [5.41, 5.74) is 1.44. The van der Waals surface area contributed by atoms with Crippen LogP contribution < -0.4 is 16.0 Å². The van der Waals surface area contributed by atoms with Crippen molar-refractivity contribution in [1.29, 1.82) is 0 Å². The van der Waals surface area contributed by atoms with Crippen LogP contribution in [-0.4, -0.2) is 37.8 Å². The summed E-state index contributed by atoms with van der Waals surface area (Å²) in [7, 11) is 0. The molecule has 0 bridgehead atoms. The zero-order valence-electron chi connectivity index (χ0n) is 16.2.